The van der Waals surface area contributed by atoms with Crippen LogP contribution in [0.25, 0.3) is 43.8 Å². The smallest absolute Gasteiger partial charge is 0.180 e. The van der Waals surface area contributed by atoms with Gasteiger partial charge in [-0.1, -0.05) is 231 Å². The second kappa shape index (κ2) is 14.8. The van der Waals surface area contributed by atoms with Crippen molar-refractivity contribution in [3.05, 3.63) is 283 Å². The minimum Gasteiger partial charge on any atom is -0.310 e. The summed E-state index contributed by atoms with van der Waals surface area (Å²) >= 11 is 0. The van der Waals surface area contributed by atoms with Gasteiger partial charge >= 0.3 is 0 Å². The zero-order valence-corrected chi connectivity index (χ0v) is 36.8. The van der Waals surface area contributed by atoms with Crippen molar-refractivity contribution in [2.24, 2.45) is 0 Å². The highest BCUT2D eigenvalue weighted by Gasteiger charge is 2.49. The summed E-state index contributed by atoms with van der Waals surface area (Å²) in [7, 11) is -2.80. The van der Waals surface area contributed by atoms with Crippen LogP contribution in [-0.2, 0) is 5.41 Å². The Hall–Kier alpha value is -8.04. The first-order valence-electron chi connectivity index (χ1n) is 22.7. The molecule has 1 heterocycles. The fraction of sp³-hybridized carbons (Fsp3) is 0.0159. The Morgan fingerprint density at radius 1 is 0.308 bits per heavy atom. The van der Waals surface area contributed by atoms with Gasteiger partial charge in [-0.15, -0.1) is 0 Å². The van der Waals surface area contributed by atoms with E-state index in [4.69, 9.17) is 0 Å². The number of hydrogen-bond donors (Lipinski definition) is 0. The fourth-order valence-electron chi connectivity index (χ4n) is 11.8. The van der Waals surface area contributed by atoms with Gasteiger partial charge < -0.3 is 4.90 Å². The Morgan fingerprint density at radius 3 is 1.46 bits per heavy atom. The van der Waals surface area contributed by atoms with Crippen LogP contribution in [0.3, 0.4) is 0 Å². The molecule has 2 aliphatic rings. The number of benzene rings is 11. The highest BCUT2D eigenvalue weighted by atomic mass is 28.3. The van der Waals surface area contributed by atoms with Gasteiger partial charge in [-0.05, 0) is 112 Å². The van der Waals surface area contributed by atoms with Crippen molar-refractivity contribution in [1.29, 1.82) is 0 Å². The van der Waals surface area contributed by atoms with Crippen LogP contribution in [0.4, 0.5) is 17.1 Å². The summed E-state index contributed by atoms with van der Waals surface area (Å²) in [5.41, 5.74) is 13.2. The molecular weight excluding hydrogens is 799 g/mol. The zero-order valence-electron chi connectivity index (χ0n) is 35.8. The topological polar surface area (TPSA) is 3.24 Å². The van der Waals surface area contributed by atoms with E-state index in [2.05, 4.69) is 266 Å². The summed E-state index contributed by atoms with van der Waals surface area (Å²) in [6.07, 6.45) is 0. The van der Waals surface area contributed by atoms with Crippen LogP contribution in [0.5, 0.6) is 0 Å². The molecule has 0 radical (unpaired) electrons. The summed E-state index contributed by atoms with van der Waals surface area (Å²) in [4.78, 5) is 2.57. The molecule has 0 saturated heterocycles. The number of anilines is 3. The number of hydrogen-bond acceptors (Lipinski definition) is 1. The second-order valence-corrected chi connectivity index (χ2v) is 21.2. The molecule has 11 aromatic rings. The Balaban J connectivity index is 1.14. The molecule has 0 unspecified atom stereocenters. The third-order valence-electron chi connectivity index (χ3n) is 14.4. The lowest BCUT2D eigenvalue weighted by Crippen LogP contribution is -2.72. The van der Waals surface area contributed by atoms with Crippen LogP contribution in [0.2, 0.25) is 0 Å². The SMILES string of the molecule is c1ccc(C2(c3ccccc3)c3ccccc3-c3ccc(N(c4ccc5c(c4)[Si](c4ccccc4)(c4ccccc4)c4ccccc4-5)c4cc5ccccc5c5ccccc45)cc32)cc1. The third-order valence-corrected chi connectivity index (χ3v) is 19.3. The van der Waals surface area contributed by atoms with Crippen LogP contribution in [0.15, 0.2) is 261 Å². The van der Waals surface area contributed by atoms with Crippen LogP contribution in [0, 0.1) is 0 Å². The van der Waals surface area contributed by atoms with Crippen molar-refractivity contribution < 1.29 is 0 Å². The Kier molecular flexibility index (Phi) is 8.52. The molecule has 13 rings (SSSR count). The van der Waals surface area contributed by atoms with E-state index in [0.717, 1.165) is 17.1 Å². The van der Waals surface area contributed by atoms with E-state index in [9.17, 15) is 0 Å². The molecule has 0 N–H and O–H groups in total. The van der Waals surface area contributed by atoms with E-state index in [1.807, 2.05) is 0 Å². The first kappa shape index (κ1) is 37.5. The van der Waals surface area contributed by atoms with E-state index in [1.165, 1.54) is 86.8 Å². The maximum absolute atomic E-state index is 2.80. The number of rotatable bonds is 7. The van der Waals surface area contributed by atoms with Gasteiger partial charge in [0.15, 0.2) is 8.07 Å². The minimum absolute atomic E-state index is 0.538. The number of fused-ring (bicyclic) bond motifs is 9. The van der Waals surface area contributed by atoms with E-state index in [0.29, 0.717) is 0 Å². The summed E-state index contributed by atoms with van der Waals surface area (Å²) < 4.78 is 0. The van der Waals surface area contributed by atoms with Gasteiger partial charge in [0.05, 0.1) is 11.1 Å². The minimum atomic E-state index is -2.80. The zero-order chi connectivity index (χ0) is 43.0. The van der Waals surface area contributed by atoms with Crippen LogP contribution in [0.1, 0.15) is 22.3 Å². The molecule has 1 aliphatic heterocycles. The quantitative estimate of drug-likeness (QED) is 0.114. The molecule has 304 valence electrons. The van der Waals surface area contributed by atoms with Gasteiger partial charge in [-0.25, -0.2) is 0 Å². The highest BCUT2D eigenvalue weighted by Crippen LogP contribution is 2.57. The standard InChI is InChI=1S/C63H43NSi/c1-5-22-45(23-6-1)63(46-24-7-2-8-25-46)58-35-19-17-32-53(58)54-39-37-47(42-59(54)63)64(60-41-44-21-13-14-30-51(44)52-31-15-16-33-55(52)60)48-38-40-57-56-34-18-20-36-61(56)65(62(57)43-48,49-26-9-3-10-27-49)50-28-11-4-12-29-50/h1-43H. The van der Waals surface area contributed by atoms with Crippen LogP contribution in [-0.4, -0.2) is 8.07 Å². The molecule has 0 fully saturated rings. The Bertz CT molecular complexity index is 3340. The van der Waals surface area contributed by atoms with Crippen molar-refractivity contribution >= 4 is 67.4 Å². The molecule has 0 bridgehead atoms. The lowest BCUT2D eigenvalue weighted by atomic mass is 9.67. The summed E-state index contributed by atoms with van der Waals surface area (Å²) in [6.45, 7) is 0. The summed E-state index contributed by atoms with van der Waals surface area (Å²) in [6, 6.07) is 98.1. The van der Waals surface area contributed by atoms with E-state index < -0.39 is 13.5 Å². The number of nitrogens with zero attached hydrogens (tertiary/aromatic N) is 1. The molecule has 2 heteroatoms. The summed E-state index contributed by atoms with van der Waals surface area (Å²) in [5.74, 6) is 0. The lowest BCUT2D eigenvalue weighted by Gasteiger charge is -2.35. The van der Waals surface area contributed by atoms with Gasteiger partial charge in [0, 0.05) is 16.8 Å². The fourth-order valence-corrected chi connectivity index (χ4v) is 17.0. The first-order chi connectivity index (χ1) is 32.3. The monoisotopic (exact) mass is 841 g/mol. The average Bonchev–Trinajstić information content (AvgIpc) is 3.85. The molecule has 0 atom stereocenters. The third kappa shape index (κ3) is 5.38. The molecular formula is C63H43NSi. The molecule has 0 spiro atoms. The Labute approximate surface area is 381 Å². The van der Waals surface area contributed by atoms with E-state index in [-0.39, 0.29) is 0 Å². The molecule has 1 aliphatic carbocycles. The lowest BCUT2D eigenvalue weighted by molar-refractivity contribution is 0.768. The molecule has 1 nitrogen and oxygen atoms in total. The van der Waals surface area contributed by atoms with Crippen molar-refractivity contribution in [2.75, 3.05) is 4.90 Å². The average molecular weight is 842 g/mol. The van der Waals surface area contributed by atoms with Gasteiger partial charge in [0.25, 0.3) is 0 Å². The first-order valence-corrected chi connectivity index (χ1v) is 24.7. The largest absolute Gasteiger partial charge is 0.310 e. The van der Waals surface area contributed by atoms with Crippen molar-refractivity contribution in [3.8, 4) is 22.3 Å². The van der Waals surface area contributed by atoms with Crippen molar-refractivity contribution in [2.45, 2.75) is 5.41 Å². The predicted molar refractivity (Wildman–Crippen MR) is 276 cm³/mol. The molecule has 0 amide bonds. The Morgan fingerprint density at radius 2 is 0.785 bits per heavy atom. The van der Waals surface area contributed by atoms with E-state index in [1.54, 1.807) is 0 Å². The van der Waals surface area contributed by atoms with Crippen LogP contribution < -0.4 is 25.6 Å². The van der Waals surface area contributed by atoms with Crippen molar-refractivity contribution in [3.63, 3.8) is 0 Å². The maximum Gasteiger partial charge on any atom is 0.180 e. The highest BCUT2D eigenvalue weighted by molar-refractivity contribution is 7.22. The molecule has 0 aromatic heterocycles. The molecule has 65 heavy (non-hydrogen) atoms. The maximum atomic E-state index is 2.57. The summed E-state index contributed by atoms with van der Waals surface area (Å²) in [5, 5.41) is 10.6. The van der Waals surface area contributed by atoms with Gasteiger partial charge in [0.2, 0.25) is 0 Å². The molecule has 0 saturated carbocycles. The molecule has 11 aromatic carbocycles. The second-order valence-electron chi connectivity index (χ2n) is 17.5. The van der Waals surface area contributed by atoms with E-state index >= 15 is 0 Å². The van der Waals surface area contributed by atoms with Gasteiger partial charge in [-0.3, -0.25) is 0 Å². The van der Waals surface area contributed by atoms with Crippen LogP contribution >= 0.6 is 0 Å². The van der Waals surface area contributed by atoms with Gasteiger partial charge in [-0.2, -0.15) is 0 Å². The van der Waals surface area contributed by atoms with Crippen molar-refractivity contribution in [1.82, 2.24) is 0 Å². The normalized spacial score (nSPS) is 13.8. The van der Waals surface area contributed by atoms with Gasteiger partial charge in [0.1, 0.15) is 0 Å². The predicted octanol–water partition coefficient (Wildman–Crippen LogP) is 13.2.